The lowest BCUT2D eigenvalue weighted by atomic mass is 9.93. The summed E-state index contributed by atoms with van der Waals surface area (Å²) < 4.78 is 101. The summed E-state index contributed by atoms with van der Waals surface area (Å²) in [6.07, 6.45) is -9.81. The van der Waals surface area contributed by atoms with Crippen molar-refractivity contribution in [3.05, 3.63) is 0 Å². The second-order valence-corrected chi connectivity index (χ2v) is 4.27. The molecular weight excluding hydrogens is 272 g/mol. The minimum atomic E-state index is -5.75. The third-order valence-corrected chi connectivity index (χ3v) is 2.77. The van der Waals surface area contributed by atoms with Gasteiger partial charge in [-0.3, -0.25) is 0 Å². The van der Waals surface area contributed by atoms with Gasteiger partial charge < -0.3 is 0 Å². The molecule has 0 rings (SSSR count). The van der Waals surface area contributed by atoms with Crippen molar-refractivity contribution in [3.8, 4) is 0 Å². The monoisotopic (exact) mass is 286 g/mol. The van der Waals surface area contributed by atoms with Gasteiger partial charge in [0.2, 0.25) is 5.92 Å². The molecule has 18 heavy (non-hydrogen) atoms. The zero-order chi connectivity index (χ0) is 14.8. The average molecular weight is 286 g/mol. The van der Waals surface area contributed by atoms with Crippen LogP contribution in [0.1, 0.15) is 39.5 Å². The minimum Gasteiger partial charge on any atom is -0.227 e. The highest BCUT2D eigenvalue weighted by molar-refractivity contribution is 4.96. The molecule has 0 aliphatic carbocycles. The molecule has 0 saturated heterocycles. The van der Waals surface area contributed by atoms with Gasteiger partial charge in [-0.25, -0.2) is 22.0 Å². The molecule has 0 aromatic rings. The summed E-state index contributed by atoms with van der Waals surface area (Å²) in [7, 11) is 0. The molecule has 0 nitrogen and oxygen atoms in total. The zero-order valence-electron chi connectivity index (χ0n) is 9.85. The molecule has 110 valence electrons. The Morgan fingerprint density at radius 1 is 0.778 bits per heavy atom. The quantitative estimate of drug-likeness (QED) is 0.594. The fourth-order valence-electron chi connectivity index (χ4n) is 1.19. The maximum Gasteiger partial charge on any atom is 0.428 e. The summed E-state index contributed by atoms with van der Waals surface area (Å²) in [5.41, 5.74) is -4.72. The van der Waals surface area contributed by atoms with Crippen LogP contribution in [0.25, 0.3) is 0 Å². The Labute approximate surface area is 99.3 Å². The number of rotatable bonds is 6. The Morgan fingerprint density at radius 3 is 1.56 bits per heavy atom. The molecular formula is C10H14F8. The van der Waals surface area contributed by atoms with Gasteiger partial charge in [-0.2, -0.15) is 13.2 Å². The molecule has 0 saturated carbocycles. The summed E-state index contributed by atoms with van der Waals surface area (Å²) >= 11 is 0. The molecule has 0 bridgehead atoms. The van der Waals surface area contributed by atoms with Gasteiger partial charge in [0.25, 0.3) is 11.6 Å². The Morgan fingerprint density at radius 2 is 1.22 bits per heavy atom. The highest BCUT2D eigenvalue weighted by atomic mass is 19.4. The zero-order valence-corrected chi connectivity index (χ0v) is 9.85. The van der Waals surface area contributed by atoms with Gasteiger partial charge in [-0.1, -0.05) is 6.92 Å². The molecule has 1 atom stereocenters. The van der Waals surface area contributed by atoms with Crippen molar-refractivity contribution in [1.82, 2.24) is 0 Å². The smallest absolute Gasteiger partial charge is 0.227 e. The van der Waals surface area contributed by atoms with Crippen LogP contribution in [0.4, 0.5) is 35.1 Å². The Kier molecular flexibility index (Phi) is 5.04. The number of hydrogen-bond acceptors (Lipinski definition) is 0. The van der Waals surface area contributed by atoms with Crippen LogP contribution in [-0.2, 0) is 0 Å². The van der Waals surface area contributed by atoms with Crippen molar-refractivity contribution in [1.29, 1.82) is 0 Å². The first-order chi connectivity index (χ1) is 7.77. The summed E-state index contributed by atoms with van der Waals surface area (Å²) in [6, 6.07) is 0. The van der Waals surface area contributed by atoms with Gasteiger partial charge in [-0.05, 0) is 13.3 Å². The maximum absolute atomic E-state index is 13.0. The van der Waals surface area contributed by atoms with Crippen LogP contribution >= 0.6 is 0 Å². The van der Waals surface area contributed by atoms with E-state index in [0.717, 1.165) is 6.92 Å². The van der Waals surface area contributed by atoms with E-state index in [2.05, 4.69) is 0 Å². The van der Waals surface area contributed by atoms with Crippen molar-refractivity contribution in [2.75, 3.05) is 0 Å². The van der Waals surface area contributed by atoms with Crippen LogP contribution in [0, 0.1) is 0 Å². The standard InChI is InChI=1S/C10H14F8/c1-3-8(12,13)5-4-6-9(14,15)7(2,11)10(16,17)18/h3-6H2,1-2H3. The Balaban J connectivity index is 4.59. The molecule has 0 aliphatic rings. The topological polar surface area (TPSA) is 0 Å². The van der Waals surface area contributed by atoms with Gasteiger partial charge in [-0.15, -0.1) is 0 Å². The molecule has 0 spiro atoms. The van der Waals surface area contributed by atoms with E-state index in [0.29, 0.717) is 0 Å². The van der Waals surface area contributed by atoms with Crippen LogP contribution < -0.4 is 0 Å². The van der Waals surface area contributed by atoms with Crippen LogP contribution in [-0.4, -0.2) is 23.7 Å². The van der Waals surface area contributed by atoms with E-state index in [4.69, 9.17) is 0 Å². The first kappa shape index (κ1) is 17.4. The van der Waals surface area contributed by atoms with Crippen LogP contribution in [0.2, 0.25) is 0 Å². The number of halogens is 8. The van der Waals surface area contributed by atoms with E-state index in [-0.39, 0.29) is 6.92 Å². The van der Waals surface area contributed by atoms with Crippen molar-refractivity contribution >= 4 is 0 Å². The van der Waals surface area contributed by atoms with Crippen molar-refractivity contribution in [2.45, 2.75) is 63.2 Å². The lowest BCUT2D eigenvalue weighted by molar-refractivity contribution is -0.296. The summed E-state index contributed by atoms with van der Waals surface area (Å²) in [5, 5.41) is 0. The molecule has 0 aromatic heterocycles. The first-order valence-corrected chi connectivity index (χ1v) is 5.28. The lowest BCUT2D eigenvalue weighted by Gasteiger charge is -2.32. The normalized spacial score (nSPS) is 17.7. The van der Waals surface area contributed by atoms with Crippen molar-refractivity contribution in [3.63, 3.8) is 0 Å². The molecule has 0 radical (unpaired) electrons. The van der Waals surface area contributed by atoms with E-state index in [1.54, 1.807) is 0 Å². The fourth-order valence-corrected chi connectivity index (χ4v) is 1.19. The number of alkyl halides is 8. The summed E-state index contributed by atoms with van der Waals surface area (Å²) in [4.78, 5) is 0. The maximum atomic E-state index is 13.0. The largest absolute Gasteiger partial charge is 0.428 e. The van der Waals surface area contributed by atoms with Gasteiger partial charge in [0, 0.05) is 19.3 Å². The SMILES string of the molecule is CCC(F)(F)CCCC(F)(F)C(C)(F)C(F)(F)F. The van der Waals surface area contributed by atoms with Crippen LogP contribution in [0.15, 0.2) is 0 Å². The number of hydrogen-bond donors (Lipinski definition) is 0. The molecule has 0 aromatic carbocycles. The van der Waals surface area contributed by atoms with Crippen molar-refractivity contribution in [2.24, 2.45) is 0 Å². The molecule has 0 heterocycles. The Hall–Kier alpha value is -0.560. The second kappa shape index (κ2) is 5.21. The summed E-state index contributed by atoms with van der Waals surface area (Å²) in [6.45, 7) is 0.831. The first-order valence-electron chi connectivity index (χ1n) is 5.28. The molecule has 0 aliphatic heterocycles. The lowest BCUT2D eigenvalue weighted by Crippen LogP contribution is -2.53. The minimum absolute atomic E-state index is 0.287. The van der Waals surface area contributed by atoms with Gasteiger partial charge >= 0.3 is 6.18 Å². The average Bonchev–Trinajstić information content (AvgIpc) is 2.15. The second-order valence-electron chi connectivity index (χ2n) is 4.27. The van der Waals surface area contributed by atoms with Gasteiger partial charge in [0.15, 0.2) is 0 Å². The molecule has 0 N–H and O–H groups in total. The van der Waals surface area contributed by atoms with E-state index in [1.807, 2.05) is 0 Å². The van der Waals surface area contributed by atoms with E-state index in [9.17, 15) is 35.1 Å². The Bertz CT molecular complexity index is 266. The van der Waals surface area contributed by atoms with E-state index in [1.165, 1.54) is 0 Å². The van der Waals surface area contributed by atoms with Gasteiger partial charge in [0.1, 0.15) is 0 Å². The van der Waals surface area contributed by atoms with Crippen LogP contribution in [0.3, 0.4) is 0 Å². The third-order valence-electron chi connectivity index (χ3n) is 2.77. The highest BCUT2D eigenvalue weighted by Crippen LogP contribution is 2.47. The predicted molar refractivity (Wildman–Crippen MR) is 49.6 cm³/mol. The predicted octanol–water partition coefficient (Wildman–Crippen LogP) is 5.13. The van der Waals surface area contributed by atoms with Gasteiger partial charge in [0.05, 0.1) is 0 Å². The van der Waals surface area contributed by atoms with Crippen LogP contribution in [0.5, 0.6) is 0 Å². The molecule has 0 fully saturated rings. The fraction of sp³-hybridized carbons (Fsp3) is 1.00. The highest BCUT2D eigenvalue weighted by Gasteiger charge is 2.67. The third kappa shape index (κ3) is 3.98. The van der Waals surface area contributed by atoms with Crippen molar-refractivity contribution < 1.29 is 35.1 Å². The molecule has 8 heteroatoms. The summed E-state index contributed by atoms with van der Waals surface area (Å²) in [5.74, 6) is -7.95. The molecule has 0 amide bonds. The van der Waals surface area contributed by atoms with E-state index < -0.39 is 49.4 Å². The van der Waals surface area contributed by atoms with E-state index >= 15 is 0 Å². The molecule has 1 unspecified atom stereocenters.